The van der Waals surface area contributed by atoms with E-state index in [0.29, 0.717) is 0 Å². The van der Waals surface area contributed by atoms with Gasteiger partial charge in [0.2, 0.25) is 0 Å². The van der Waals surface area contributed by atoms with Crippen molar-refractivity contribution in [2.75, 3.05) is 18.6 Å². The summed E-state index contributed by atoms with van der Waals surface area (Å²) >= 11 is 0. The smallest absolute Gasteiger partial charge is 0.149 e. The summed E-state index contributed by atoms with van der Waals surface area (Å²) in [5.41, 5.74) is 1.06. The molecule has 0 amide bonds. The third-order valence-corrected chi connectivity index (χ3v) is 4.49. The van der Waals surface area contributed by atoms with Crippen molar-refractivity contribution in [1.82, 2.24) is 5.32 Å². The van der Waals surface area contributed by atoms with Crippen molar-refractivity contribution in [3.8, 4) is 0 Å². The van der Waals surface area contributed by atoms with Gasteiger partial charge in [-0.25, -0.2) is 8.42 Å². The predicted molar refractivity (Wildman–Crippen MR) is 74.2 cm³/mol. The Morgan fingerprint density at radius 1 is 1.28 bits per heavy atom. The topological polar surface area (TPSA) is 46.2 Å². The fraction of sp³-hybridized carbons (Fsp3) is 0.571. The van der Waals surface area contributed by atoms with Gasteiger partial charge in [0.05, 0.1) is 5.75 Å². The van der Waals surface area contributed by atoms with Crippen molar-refractivity contribution in [3.05, 3.63) is 35.9 Å². The maximum Gasteiger partial charge on any atom is 0.149 e. The molecule has 0 aliphatic heterocycles. The van der Waals surface area contributed by atoms with E-state index in [4.69, 9.17) is 0 Å². The molecule has 1 aliphatic rings. The van der Waals surface area contributed by atoms with Crippen LogP contribution in [0.3, 0.4) is 0 Å². The van der Waals surface area contributed by atoms with Gasteiger partial charge in [-0.3, -0.25) is 0 Å². The summed E-state index contributed by atoms with van der Waals surface area (Å²) in [7, 11) is -2.97. The van der Waals surface area contributed by atoms with Gasteiger partial charge in [-0.15, -0.1) is 0 Å². The molecule has 1 fully saturated rings. The van der Waals surface area contributed by atoms with Gasteiger partial charge < -0.3 is 5.32 Å². The third kappa shape index (κ3) is 4.10. The van der Waals surface area contributed by atoms with Crippen LogP contribution in [-0.4, -0.2) is 27.0 Å². The first-order valence-corrected chi connectivity index (χ1v) is 8.57. The predicted octanol–water partition coefficient (Wildman–Crippen LogP) is 2.16. The van der Waals surface area contributed by atoms with Gasteiger partial charge in [-0.05, 0) is 30.9 Å². The van der Waals surface area contributed by atoms with Gasteiger partial charge in [0, 0.05) is 12.3 Å². The Balaban J connectivity index is 2.02. The summed E-state index contributed by atoms with van der Waals surface area (Å²) in [6, 6.07) is 9.76. The van der Waals surface area contributed by atoms with Gasteiger partial charge in [-0.1, -0.05) is 36.8 Å². The zero-order valence-electron chi connectivity index (χ0n) is 10.8. The minimum absolute atomic E-state index is 0.0817. The summed E-state index contributed by atoms with van der Waals surface area (Å²) in [5.74, 6) is 0.903. The van der Waals surface area contributed by atoms with Crippen LogP contribution in [0.5, 0.6) is 0 Å². The van der Waals surface area contributed by atoms with Crippen LogP contribution in [-0.2, 0) is 9.84 Å². The molecular weight excluding hydrogens is 246 g/mol. The van der Waals surface area contributed by atoms with E-state index in [2.05, 4.69) is 5.32 Å². The number of hydrogen-bond donors (Lipinski definition) is 1. The fourth-order valence-electron chi connectivity index (χ4n) is 2.27. The number of hydrogen-bond acceptors (Lipinski definition) is 3. The highest BCUT2D eigenvalue weighted by atomic mass is 32.2. The lowest BCUT2D eigenvalue weighted by Crippen LogP contribution is -2.34. The molecule has 1 aromatic carbocycles. The second kappa shape index (κ2) is 5.85. The van der Waals surface area contributed by atoms with Crippen molar-refractivity contribution < 1.29 is 8.42 Å². The fourth-order valence-corrected chi connectivity index (χ4v) is 3.18. The molecule has 0 spiro atoms. The van der Waals surface area contributed by atoms with Crippen molar-refractivity contribution in [2.45, 2.75) is 25.3 Å². The molecule has 0 heterocycles. The second-order valence-corrected chi connectivity index (χ2v) is 7.45. The maximum atomic E-state index is 11.5. The Kier molecular flexibility index (Phi) is 4.40. The molecule has 100 valence electrons. The highest BCUT2D eigenvalue weighted by Crippen LogP contribution is 2.26. The lowest BCUT2D eigenvalue weighted by molar-refractivity contribution is 0.292. The van der Waals surface area contributed by atoms with E-state index >= 15 is 0 Å². The van der Waals surface area contributed by atoms with Gasteiger partial charge >= 0.3 is 0 Å². The van der Waals surface area contributed by atoms with Crippen molar-refractivity contribution >= 4 is 9.84 Å². The quantitative estimate of drug-likeness (QED) is 0.859. The first kappa shape index (κ1) is 13.6. The lowest BCUT2D eigenvalue weighted by Gasteiger charge is -2.28. The number of sulfone groups is 1. The SMILES string of the molecule is CS(=O)(=O)C[C@@H](NCC1CCC1)c1ccccc1. The monoisotopic (exact) mass is 267 g/mol. The van der Waals surface area contributed by atoms with Gasteiger partial charge in [0.25, 0.3) is 0 Å². The van der Waals surface area contributed by atoms with Crippen LogP contribution in [0, 0.1) is 5.92 Å². The number of benzene rings is 1. The molecule has 0 unspecified atom stereocenters. The zero-order valence-corrected chi connectivity index (χ0v) is 11.6. The average Bonchev–Trinajstić information content (AvgIpc) is 2.25. The summed E-state index contributed by atoms with van der Waals surface area (Å²) in [6.45, 7) is 0.926. The molecule has 1 atom stereocenters. The molecule has 0 aromatic heterocycles. The minimum atomic E-state index is -2.97. The van der Waals surface area contributed by atoms with Crippen LogP contribution in [0.2, 0.25) is 0 Å². The molecule has 0 radical (unpaired) electrons. The van der Waals surface area contributed by atoms with E-state index < -0.39 is 9.84 Å². The van der Waals surface area contributed by atoms with Crippen LogP contribution < -0.4 is 5.32 Å². The lowest BCUT2D eigenvalue weighted by atomic mass is 9.85. The molecule has 1 aliphatic carbocycles. The maximum absolute atomic E-state index is 11.5. The van der Waals surface area contributed by atoms with Crippen LogP contribution in [0.25, 0.3) is 0 Å². The Labute approximate surface area is 110 Å². The summed E-state index contributed by atoms with van der Waals surface area (Å²) in [6.07, 6.45) is 5.16. The Bertz CT molecular complexity index is 466. The van der Waals surface area contributed by atoms with Crippen LogP contribution in [0.1, 0.15) is 30.9 Å². The molecule has 2 rings (SSSR count). The van der Waals surface area contributed by atoms with E-state index in [1.165, 1.54) is 25.5 Å². The molecule has 18 heavy (non-hydrogen) atoms. The van der Waals surface area contributed by atoms with Gasteiger partial charge in [0.1, 0.15) is 9.84 Å². The normalized spacial score (nSPS) is 18.3. The highest BCUT2D eigenvalue weighted by molar-refractivity contribution is 7.90. The van der Waals surface area contributed by atoms with E-state index in [1.54, 1.807) is 0 Å². The van der Waals surface area contributed by atoms with Gasteiger partial charge in [-0.2, -0.15) is 0 Å². The van der Waals surface area contributed by atoms with E-state index in [0.717, 1.165) is 18.0 Å². The minimum Gasteiger partial charge on any atom is -0.309 e. The first-order chi connectivity index (χ1) is 8.54. The Morgan fingerprint density at radius 3 is 2.44 bits per heavy atom. The molecule has 1 aromatic rings. The largest absolute Gasteiger partial charge is 0.309 e. The van der Waals surface area contributed by atoms with Crippen LogP contribution in [0.15, 0.2) is 30.3 Å². The Hall–Kier alpha value is -0.870. The molecule has 1 saturated carbocycles. The summed E-state index contributed by atoms with van der Waals surface area (Å²) < 4.78 is 23.0. The van der Waals surface area contributed by atoms with Gasteiger partial charge in [0.15, 0.2) is 0 Å². The molecule has 0 bridgehead atoms. The summed E-state index contributed by atoms with van der Waals surface area (Å²) in [5, 5.41) is 3.42. The number of nitrogens with one attached hydrogen (secondary N) is 1. The first-order valence-electron chi connectivity index (χ1n) is 6.50. The summed E-state index contributed by atoms with van der Waals surface area (Å²) in [4.78, 5) is 0. The molecule has 1 N–H and O–H groups in total. The second-order valence-electron chi connectivity index (χ2n) is 5.26. The molecule has 3 nitrogen and oxygen atoms in total. The van der Waals surface area contributed by atoms with Crippen LogP contribution in [0.4, 0.5) is 0 Å². The van der Waals surface area contributed by atoms with Crippen molar-refractivity contribution in [2.24, 2.45) is 5.92 Å². The Morgan fingerprint density at radius 2 is 1.94 bits per heavy atom. The zero-order chi connectivity index (χ0) is 13.0. The van der Waals surface area contributed by atoms with Crippen molar-refractivity contribution in [3.63, 3.8) is 0 Å². The van der Waals surface area contributed by atoms with E-state index in [-0.39, 0.29) is 11.8 Å². The molecule has 4 heteroatoms. The standard InChI is InChI=1S/C14H21NO2S/c1-18(16,17)11-14(13-8-3-2-4-9-13)15-10-12-6-5-7-12/h2-4,8-9,12,14-15H,5-7,10-11H2,1H3/t14-/m1/s1. The highest BCUT2D eigenvalue weighted by Gasteiger charge is 2.21. The van der Waals surface area contributed by atoms with E-state index in [1.807, 2.05) is 30.3 Å². The van der Waals surface area contributed by atoms with Crippen molar-refractivity contribution in [1.29, 1.82) is 0 Å². The molecular formula is C14H21NO2S. The molecule has 0 saturated heterocycles. The van der Waals surface area contributed by atoms with Crippen LogP contribution >= 0.6 is 0 Å². The number of rotatable bonds is 6. The van der Waals surface area contributed by atoms with E-state index in [9.17, 15) is 8.42 Å². The third-order valence-electron chi connectivity index (χ3n) is 3.55. The average molecular weight is 267 g/mol.